The molecule has 2 aromatic rings. The molecule has 0 saturated carbocycles. The molecule has 0 spiro atoms. The van der Waals surface area contributed by atoms with Crippen molar-refractivity contribution in [1.82, 2.24) is 0 Å². The van der Waals surface area contributed by atoms with Gasteiger partial charge in [0, 0.05) is 16.7 Å². The summed E-state index contributed by atoms with van der Waals surface area (Å²) in [5.41, 5.74) is 0.0583. The third kappa shape index (κ3) is 2.76. The number of nitrogens with one attached hydrogen (secondary N) is 1. The number of rotatable bonds is 2. The summed E-state index contributed by atoms with van der Waals surface area (Å²) in [6.45, 7) is 0. The van der Waals surface area contributed by atoms with Crippen LogP contribution >= 0.6 is 23.2 Å². The quantitative estimate of drug-likeness (QED) is 0.651. The van der Waals surface area contributed by atoms with Crippen molar-refractivity contribution in [3.63, 3.8) is 0 Å². The first-order chi connectivity index (χ1) is 10.9. The number of carbonyl (C=O) groups is 1. The van der Waals surface area contributed by atoms with E-state index >= 15 is 0 Å². The maximum atomic E-state index is 13.4. The fourth-order valence-corrected chi connectivity index (χ4v) is 2.67. The minimum absolute atomic E-state index is 0.00898. The first-order valence-corrected chi connectivity index (χ1v) is 6.96. The summed E-state index contributed by atoms with van der Waals surface area (Å²) in [7, 11) is 0. The molecule has 0 aliphatic carbocycles. The molecule has 2 aromatic carbocycles. The van der Waals surface area contributed by atoms with Crippen molar-refractivity contribution in [3.8, 4) is 0 Å². The molecule has 0 radical (unpaired) electrons. The van der Waals surface area contributed by atoms with Gasteiger partial charge in [0.2, 0.25) is 5.82 Å². The van der Waals surface area contributed by atoms with Gasteiger partial charge in [0.1, 0.15) is 5.71 Å². The smallest absolute Gasteiger partial charge is 0.306 e. The Kier molecular flexibility index (Phi) is 3.75. The Balaban J connectivity index is 2.13. The zero-order valence-corrected chi connectivity index (χ0v) is 12.7. The topological polar surface area (TPSA) is 84.6 Å². The highest BCUT2D eigenvalue weighted by Gasteiger charge is 2.29. The van der Waals surface area contributed by atoms with E-state index in [4.69, 9.17) is 23.2 Å². The first-order valence-electron chi connectivity index (χ1n) is 6.20. The second-order valence-corrected chi connectivity index (χ2v) is 5.46. The van der Waals surface area contributed by atoms with Crippen LogP contribution in [0.3, 0.4) is 0 Å². The fraction of sp³-hybridized carbons (Fsp3) is 0. The minimum Gasteiger partial charge on any atom is -0.319 e. The van der Waals surface area contributed by atoms with E-state index in [0.717, 1.165) is 12.1 Å². The van der Waals surface area contributed by atoms with Crippen LogP contribution < -0.4 is 5.32 Å². The largest absolute Gasteiger partial charge is 0.319 e. The van der Waals surface area contributed by atoms with E-state index in [0.29, 0.717) is 16.3 Å². The van der Waals surface area contributed by atoms with Gasteiger partial charge < -0.3 is 5.32 Å². The van der Waals surface area contributed by atoms with E-state index in [2.05, 4.69) is 10.3 Å². The van der Waals surface area contributed by atoms with Crippen LogP contribution in [0.5, 0.6) is 0 Å². The SMILES string of the molecule is O=C1Nc2c(Cl)cc(Cl)cc2C1=Nc1ccc(F)c([N+](=O)[O-])c1. The molecule has 1 aliphatic rings. The molecule has 1 N–H and O–H groups in total. The molecule has 0 saturated heterocycles. The number of benzene rings is 2. The number of nitro groups is 1. The Morgan fingerprint density at radius 3 is 2.65 bits per heavy atom. The fourth-order valence-electron chi connectivity index (χ4n) is 2.13. The molecular formula is C14H6Cl2FN3O3. The normalized spacial score (nSPS) is 14.7. The van der Waals surface area contributed by atoms with Gasteiger partial charge in [-0.2, -0.15) is 4.39 Å². The van der Waals surface area contributed by atoms with Gasteiger partial charge in [-0.05, 0) is 24.3 Å². The third-order valence-corrected chi connectivity index (χ3v) is 3.65. The third-order valence-electron chi connectivity index (χ3n) is 3.13. The summed E-state index contributed by atoms with van der Waals surface area (Å²) >= 11 is 11.9. The number of anilines is 1. The monoisotopic (exact) mass is 353 g/mol. The summed E-state index contributed by atoms with van der Waals surface area (Å²) in [6.07, 6.45) is 0. The second-order valence-electron chi connectivity index (χ2n) is 4.62. The van der Waals surface area contributed by atoms with Crippen LogP contribution in [0, 0.1) is 15.9 Å². The summed E-state index contributed by atoms with van der Waals surface area (Å²) < 4.78 is 13.4. The molecule has 0 aromatic heterocycles. The molecule has 23 heavy (non-hydrogen) atoms. The predicted octanol–water partition coefficient (Wildman–Crippen LogP) is 4.11. The van der Waals surface area contributed by atoms with Gasteiger partial charge >= 0.3 is 5.69 Å². The number of hydrogen-bond acceptors (Lipinski definition) is 4. The maximum absolute atomic E-state index is 13.4. The van der Waals surface area contributed by atoms with Crippen LogP contribution in [0.25, 0.3) is 0 Å². The molecule has 1 amide bonds. The van der Waals surface area contributed by atoms with Crippen LogP contribution in [-0.2, 0) is 4.79 Å². The van der Waals surface area contributed by atoms with Crippen molar-refractivity contribution in [3.05, 3.63) is 61.9 Å². The van der Waals surface area contributed by atoms with E-state index in [-0.39, 0.29) is 16.4 Å². The number of nitro benzene ring substituents is 1. The van der Waals surface area contributed by atoms with Crippen molar-refractivity contribution < 1.29 is 14.1 Å². The molecule has 3 rings (SSSR count). The zero-order chi connectivity index (χ0) is 16.7. The van der Waals surface area contributed by atoms with Crippen LogP contribution in [-0.4, -0.2) is 16.5 Å². The van der Waals surface area contributed by atoms with Crippen LogP contribution in [0.2, 0.25) is 10.0 Å². The molecule has 1 aliphatic heterocycles. The molecule has 0 atom stereocenters. The Hall–Kier alpha value is -2.51. The van der Waals surface area contributed by atoms with Gasteiger partial charge in [-0.1, -0.05) is 23.2 Å². The van der Waals surface area contributed by atoms with E-state index in [9.17, 15) is 19.3 Å². The van der Waals surface area contributed by atoms with E-state index in [1.165, 1.54) is 18.2 Å². The lowest BCUT2D eigenvalue weighted by Crippen LogP contribution is -2.13. The lowest BCUT2D eigenvalue weighted by atomic mass is 10.1. The van der Waals surface area contributed by atoms with E-state index in [1.807, 2.05) is 0 Å². The van der Waals surface area contributed by atoms with Crippen molar-refractivity contribution in [2.75, 3.05) is 5.32 Å². The minimum atomic E-state index is -0.985. The summed E-state index contributed by atoms with van der Waals surface area (Å²) in [5, 5.41) is 13.9. The highest BCUT2D eigenvalue weighted by atomic mass is 35.5. The molecule has 116 valence electrons. The lowest BCUT2D eigenvalue weighted by molar-refractivity contribution is -0.387. The highest BCUT2D eigenvalue weighted by molar-refractivity contribution is 6.56. The number of aliphatic imine (C=N–C) groups is 1. The van der Waals surface area contributed by atoms with Crippen LogP contribution in [0.15, 0.2) is 35.3 Å². The number of amides is 1. The predicted molar refractivity (Wildman–Crippen MR) is 84.3 cm³/mol. The first kappa shape index (κ1) is 15.4. The number of fused-ring (bicyclic) bond motifs is 1. The highest BCUT2D eigenvalue weighted by Crippen LogP contribution is 2.35. The van der Waals surface area contributed by atoms with Gasteiger partial charge in [-0.3, -0.25) is 14.9 Å². The molecular weight excluding hydrogens is 348 g/mol. The van der Waals surface area contributed by atoms with Crippen molar-refractivity contribution >= 4 is 51.9 Å². The molecule has 9 heteroatoms. The number of hydrogen-bond donors (Lipinski definition) is 1. The number of halogens is 3. The lowest BCUT2D eigenvalue weighted by Gasteiger charge is -2.02. The number of nitrogens with zero attached hydrogens (tertiary/aromatic N) is 2. The Labute approximate surface area is 138 Å². The van der Waals surface area contributed by atoms with E-state index in [1.54, 1.807) is 0 Å². The van der Waals surface area contributed by atoms with Crippen LogP contribution in [0.1, 0.15) is 5.56 Å². The number of carbonyl (C=O) groups excluding carboxylic acids is 1. The van der Waals surface area contributed by atoms with Gasteiger partial charge in [-0.25, -0.2) is 4.99 Å². The average Bonchev–Trinajstić information content (AvgIpc) is 2.78. The van der Waals surface area contributed by atoms with E-state index < -0.39 is 22.3 Å². The zero-order valence-electron chi connectivity index (χ0n) is 11.1. The Bertz CT molecular complexity index is 899. The second kappa shape index (κ2) is 5.60. The molecule has 0 unspecified atom stereocenters. The van der Waals surface area contributed by atoms with Gasteiger partial charge in [0.25, 0.3) is 5.91 Å². The standard InChI is InChI=1S/C14H6Cl2FN3O3/c15-6-3-8-12(9(16)4-6)19-14(21)13(8)18-7-1-2-10(17)11(5-7)20(22)23/h1-5H,(H,18,19,21). The van der Waals surface area contributed by atoms with Gasteiger partial charge in [0.15, 0.2) is 0 Å². The summed E-state index contributed by atoms with van der Waals surface area (Å²) in [6, 6.07) is 6.05. The Morgan fingerprint density at radius 2 is 1.96 bits per heavy atom. The Morgan fingerprint density at radius 1 is 1.22 bits per heavy atom. The summed E-state index contributed by atoms with van der Waals surface area (Å²) in [5.74, 6) is -1.52. The summed E-state index contributed by atoms with van der Waals surface area (Å²) in [4.78, 5) is 26.0. The van der Waals surface area contributed by atoms with Crippen LogP contribution in [0.4, 0.5) is 21.5 Å². The molecule has 6 nitrogen and oxygen atoms in total. The van der Waals surface area contributed by atoms with Crippen molar-refractivity contribution in [1.29, 1.82) is 0 Å². The maximum Gasteiger partial charge on any atom is 0.306 e. The van der Waals surface area contributed by atoms with Gasteiger partial charge in [0.05, 0.1) is 21.3 Å². The van der Waals surface area contributed by atoms with Gasteiger partial charge in [-0.15, -0.1) is 0 Å². The molecule has 1 heterocycles. The van der Waals surface area contributed by atoms with Crippen molar-refractivity contribution in [2.24, 2.45) is 4.99 Å². The molecule has 0 fully saturated rings. The average molecular weight is 354 g/mol. The van der Waals surface area contributed by atoms with Crippen molar-refractivity contribution in [2.45, 2.75) is 0 Å². The molecule has 0 bridgehead atoms.